The molecule has 2 aliphatic rings. The van der Waals surface area contributed by atoms with Gasteiger partial charge in [-0.3, -0.25) is 0 Å². The van der Waals surface area contributed by atoms with Gasteiger partial charge in [0.1, 0.15) is 5.54 Å². The number of hydrogen-bond donors (Lipinski definition) is 0. The van der Waals surface area contributed by atoms with Crippen LogP contribution in [0.4, 0.5) is 0 Å². The SMILES string of the molecule is COCc1ccc2c(c1C1(N=C=O)CCC1)OCO2. The Morgan fingerprint density at radius 3 is 2.89 bits per heavy atom. The molecule has 0 unspecified atom stereocenters. The van der Waals surface area contributed by atoms with Crippen molar-refractivity contribution in [3.05, 3.63) is 23.3 Å². The Balaban J connectivity index is 2.17. The number of isocyanates is 1. The van der Waals surface area contributed by atoms with Crippen molar-refractivity contribution >= 4 is 6.08 Å². The normalized spacial score (nSPS) is 18.6. The fourth-order valence-electron chi connectivity index (χ4n) is 2.82. The summed E-state index contributed by atoms with van der Waals surface area (Å²) in [5.41, 5.74) is 1.42. The number of aliphatic imine (C=N–C) groups is 1. The summed E-state index contributed by atoms with van der Waals surface area (Å²) in [6.07, 6.45) is 4.42. The van der Waals surface area contributed by atoms with Crippen LogP contribution in [0.15, 0.2) is 17.1 Å². The van der Waals surface area contributed by atoms with Crippen molar-refractivity contribution in [2.75, 3.05) is 13.9 Å². The second kappa shape index (κ2) is 4.68. The zero-order valence-electron chi connectivity index (χ0n) is 10.8. The lowest BCUT2D eigenvalue weighted by Gasteiger charge is -2.38. The molecular weight excluding hydrogens is 246 g/mol. The minimum absolute atomic E-state index is 0.208. The molecule has 1 aromatic rings. The number of fused-ring (bicyclic) bond motifs is 1. The summed E-state index contributed by atoms with van der Waals surface area (Å²) in [5, 5.41) is 0. The van der Waals surface area contributed by atoms with Gasteiger partial charge in [0.05, 0.1) is 6.61 Å². The molecular formula is C14H15NO4. The molecule has 0 radical (unpaired) electrons. The molecule has 1 aromatic carbocycles. The molecule has 19 heavy (non-hydrogen) atoms. The molecule has 0 amide bonds. The molecule has 5 heteroatoms. The lowest BCUT2D eigenvalue weighted by Crippen LogP contribution is -2.33. The molecule has 1 saturated carbocycles. The fraction of sp³-hybridized carbons (Fsp3) is 0.500. The number of methoxy groups -OCH3 is 1. The van der Waals surface area contributed by atoms with E-state index in [1.54, 1.807) is 13.2 Å². The van der Waals surface area contributed by atoms with Crippen molar-refractivity contribution in [2.24, 2.45) is 4.99 Å². The van der Waals surface area contributed by atoms with Crippen LogP contribution in [0.25, 0.3) is 0 Å². The van der Waals surface area contributed by atoms with Crippen LogP contribution in [-0.4, -0.2) is 20.0 Å². The summed E-state index contributed by atoms with van der Waals surface area (Å²) in [7, 11) is 1.64. The second-order valence-corrected chi connectivity index (χ2v) is 4.85. The van der Waals surface area contributed by atoms with Crippen molar-refractivity contribution in [2.45, 2.75) is 31.4 Å². The molecule has 0 N–H and O–H groups in total. The maximum Gasteiger partial charge on any atom is 0.235 e. The van der Waals surface area contributed by atoms with Crippen molar-refractivity contribution in [3.8, 4) is 11.5 Å². The molecule has 0 atom stereocenters. The number of carbonyl (C=O) groups excluding carboxylic acids is 1. The van der Waals surface area contributed by atoms with Gasteiger partial charge in [-0.1, -0.05) is 6.07 Å². The van der Waals surface area contributed by atoms with E-state index in [0.29, 0.717) is 18.1 Å². The molecule has 1 aliphatic carbocycles. The van der Waals surface area contributed by atoms with E-state index in [1.165, 1.54) is 0 Å². The number of nitrogens with zero attached hydrogens (tertiary/aromatic N) is 1. The predicted molar refractivity (Wildman–Crippen MR) is 66.9 cm³/mol. The third-order valence-corrected chi connectivity index (χ3v) is 3.83. The van der Waals surface area contributed by atoms with Gasteiger partial charge in [-0.25, -0.2) is 4.79 Å². The fourth-order valence-corrected chi connectivity index (χ4v) is 2.82. The number of ether oxygens (including phenoxy) is 3. The first-order valence-electron chi connectivity index (χ1n) is 6.31. The summed E-state index contributed by atoms with van der Waals surface area (Å²) in [5.74, 6) is 1.41. The number of benzene rings is 1. The van der Waals surface area contributed by atoms with E-state index >= 15 is 0 Å². The first-order chi connectivity index (χ1) is 9.30. The van der Waals surface area contributed by atoms with Gasteiger partial charge in [0.25, 0.3) is 0 Å². The highest BCUT2D eigenvalue weighted by atomic mass is 16.7. The van der Waals surface area contributed by atoms with E-state index in [2.05, 4.69) is 4.99 Å². The Labute approximate surface area is 111 Å². The molecule has 1 aliphatic heterocycles. The number of rotatable bonds is 4. The third-order valence-electron chi connectivity index (χ3n) is 3.83. The molecule has 5 nitrogen and oxygen atoms in total. The highest BCUT2D eigenvalue weighted by Crippen LogP contribution is 2.53. The van der Waals surface area contributed by atoms with Gasteiger partial charge < -0.3 is 14.2 Å². The van der Waals surface area contributed by atoms with Gasteiger partial charge >= 0.3 is 0 Å². The minimum Gasteiger partial charge on any atom is -0.454 e. The maximum atomic E-state index is 10.8. The van der Waals surface area contributed by atoms with Crippen LogP contribution in [0.2, 0.25) is 0 Å². The quantitative estimate of drug-likeness (QED) is 0.616. The molecule has 1 fully saturated rings. The first kappa shape index (κ1) is 12.2. The first-order valence-corrected chi connectivity index (χ1v) is 6.31. The van der Waals surface area contributed by atoms with Crippen molar-refractivity contribution in [1.29, 1.82) is 0 Å². The number of hydrogen-bond acceptors (Lipinski definition) is 5. The Morgan fingerprint density at radius 2 is 2.26 bits per heavy atom. The minimum atomic E-state index is -0.505. The van der Waals surface area contributed by atoms with Gasteiger partial charge in [-0.15, -0.1) is 0 Å². The van der Waals surface area contributed by atoms with E-state index in [9.17, 15) is 4.79 Å². The molecule has 1 heterocycles. The van der Waals surface area contributed by atoms with Crippen LogP contribution < -0.4 is 9.47 Å². The van der Waals surface area contributed by atoms with Crippen molar-refractivity contribution in [1.82, 2.24) is 0 Å². The molecule has 0 aromatic heterocycles. The highest BCUT2D eigenvalue weighted by Gasteiger charge is 2.44. The Hall–Kier alpha value is -1.84. The van der Waals surface area contributed by atoms with Crippen molar-refractivity contribution in [3.63, 3.8) is 0 Å². The monoisotopic (exact) mass is 261 g/mol. The van der Waals surface area contributed by atoms with E-state index < -0.39 is 5.54 Å². The van der Waals surface area contributed by atoms with Crippen LogP contribution in [0.3, 0.4) is 0 Å². The molecule has 0 spiro atoms. The molecule has 3 rings (SSSR count). The lowest BCUT2D eigenvalue weighted by atomic mass is 9.70. The largest absolute Gasteiger partial charge is 0.454 e. The average Bonchev–Trinajstić information content (AvgIpc) is 2.83. The van der Waals surface area contributed by atoms with Crippen LogP contribution in [0.5, 0.6) is 11.5 Å². The van der Waals surface area contributed by atoms with E-state index in [-0.39, 0.29) is 6.79 Å². The van der Waals surface area contributed by atoms with E-state index in [0.717, 1.165) is 30.4 Å². The van der Waals surface area contributed by atoms with Crippen LogP contribution >= 0.6 is 0 Å². The van der Waals surface area contributed by atoms with Crippen LogP contribution in [0.1, 0.15) is 30.4 Å². The Bertz CT molecular complexity index is 545. The maximum absolute atomic E-state index is 10.8. The third kappa shape index (κ3) is 1.82. The van der Waals surface area contributed by atoms with E-state index in [1.807, 2.05) is 12.1 Å². The Morgan fingerprint density at radius 1 is 1.42 bits per heavy atom. The van der Waals surface area contributed by atoms with Crippen molar-refractivity contribution < 1.29 is 19.0 Å². The second-order valence-electron chi connectivity index (χ2n) is 4.85. The predicted octanol–water partition coefficient (Wildman–Crippen LogP) is 2.28. The summed E-state index contributed by atoms with van der Waals surface area (Å²) in [6.45, 7) is 0.668. The van der Waals surface area contributed by atoms with Gasteiger partial charge in [0.15, 0.2) is 11.5 Å². The Kier molecular flexibility index (Phi) is 3.01. The topological polar surface area (TPSA) is 57.1 Å². The standard InChI is InChI=1S/C14H15NO4/c1-17-7-10-3-4-11-13(19-9-18-11)12(10)14(15-8-16)5-2-6-14/h3-4H,2,5-7,9H2,1H3. The van der Waals surface area contributed by atoms with Gasteiger partial charge in [-0.2, -0.15) is 4.99 Å². The summed E-state index contributed by atoms with van der Waals surface area (Å²) in [6, 6.07) is 3.82. The average molecular weight is 261 g/mol. The van der Waals surface area contributed by atoms with Crippen LogP contribution in [0, 0.1) is 0 Å². The zero-order valence-corrected chi connectivity index (χ0v) is 10.8. The van der Waals surface area contributed by atoms with Gasteiger partial charge in [0.2, 0.25) is 12.9 Å². The summed E-state index contributed by atoms with van der Waals surface area (Å²) >= 11 is 0. The van der Waals surface area contributed by atoms with Gasteiger partial charge in [0, 0.05) is 12.7 Å². The molecule has 0 saturated heterocycles. The lowest BCUT2D eigenvalue weighted by molar-refractivity contribution is 0.164. The molecule has 0 bridgehead atoms. The zero-order chi connectivity index (χ0) is 13.3. The molecule has 100 valence electrons. The van der Waals surface area contributed by atoms with Crippen LogP contribution in [-0.2, 0) is 21.7 Å². The smallest absolute Gasteiger partial charge is 0.235 e. The van der Waals surface area contributed by atoms with E-state index in [4.69, 9.17) is 14.2 Å². The summed E-state index contributed by atoms with van der Waals surface area (Å²) < 4.78 is 16.2. The summed E-state index contributed by atoms with van der Waals surface area (Å²) in [4.78, 5) is 14.8. The van der Waals surface area contributed by atoms with Gasteiger partial charge in [-0.05, 0) is 30.9 Å². The highest BCUT2D eigenvalue weighted by molar-refractivity contribution is 5.57.